The van der Waals surface area contributed by atoms with Crippen molar-refractivity contribution < 1.29 is 4.39 Å². The Morgan fingerprint density at radius 2 is 2.05 bits per heavy atom. The van der Waals surface area contributed by atoms with Gasteiger partial charge in [0.05, 0.1) is 5.69 Å². The molecule has 1 aromatic rings. The molecule has 0 amide bonds. The second-order valence-electron chi connectivity index (χ2n) is 6.31. The second kappa shape index (κ2) is 6.32. The Kier molecular flexibility index (Phi) is 4.45. The van der Waals surface area contributed by atoms with Crippen LogP contribution in [0.15, 0.2) is 18.2 Å². The SMILES string of the molecule is CCNCc1cccc(F)c1N1CCC2CCC(C1)N2C. The maximum absolute atomic E-state index is 14.5. The molecule has 2 atom stereocenters. The fraction of sp³-hybridized carbons (Fsp3) is 0.647. The number of halogens is 1. The molecule has 0 spiro atoms. The summed E-state index contributed by atoms with van der Waals surface area (Å²) in [7, 11) is 2.23. The summed E-state index contributed by atoms with van der Waals surface area (Å²) in [5.74, 6) is -0.0779. The van der Waals surface area contributed by atoms with Crippen LogP contribution >= 0.6 is 0 Å². The van der Waals surface area contributed by atoms with Gasteiger partial charge in [0, 0.05) is 31.7 Å². The Bertz CT molecular complexity index is 491. The fourth-order valence-electron chi connectivity index (χ4n) is 3.83. The van der Waals surface area contributed by atoms with Crippen LogP contribution in [0.4, 0.5) is 10.1 Å². The number of para-hydroxylation sites is 1. The molecule has 0 saturated carbocycles. The molecule has 4 heteroatoms. The van der Waals surface area contributed by atoms with Crippen LogP contribution in [0.5, 0.6) is 0 Å². The molecule has 0 aliphatic carbocycles. The maximum Gasteiger partial charge on any atom is 0.146 e. The number of likely N-dealkylation sites (N-methyl/N-ethyl adjacent to an activating group) is 1. The lowest BCUT2D eigenvalue weighted by atomic mass is 10.1. The number of hydrogen-bond acceptors (Lipinski definition) is 3. The van der Waals surface area contributed by atoms with Crippen molar-refractivity contribution in [2.24, 2.45) is 0 Å². The second-order valence-corrected chi connectivity index (χ2v) is 6.31. The van der Waals surface area contributed by atoms with Gasteiger partial charge in [-0.2, -0.15) is 0 Å². The van der Waals surface area contributed by atoms with Crippen LogP contribution < -0.4 is 10.2 Å². The normalized spacial score (nSPS) is 26.1. The van der Waals surface area contributed by atoms with Gasteiger partial charge in [0.2, 0.25) is 0 Å². The topological polar surface area (TPSA) is 18.5 Å². The Balaban J connectivity index is 1.85. The summed E-state index contributed by atoms with van der Waals surface area (Å²) in [5.41, 5.74) is 1.90. The van der Waals surface area contributed by atoms with E-state index in [9.17, 15) is 4.39 Å². The molecular weight excluding hydrogens is 265 g/mol. The largest absolute Gasteiger partial charge is 0.367 e. The van der Waals surface area contributed by atoms with Crippen molar-refractivity contribution >= 4 is 5.69 Å². The summed E-state index contributed by atoms with van der Waals surface area (Å²) in [6, 6.07) is 6.72. The smallest absolute Gasteiger partial charge is 0.146 e. The first-order valence-corrected chi connectivity index (χ1v) is 8.15. The van der Waals surface area contributed by atoms with E-state index in [1.54, 1.807) is 6.07 Å². The summed E-state index contributed by atoms with van der Waals surface area (Å²) >= 11 is 0. The van der Waals surface area contributed by atoms with Crippen molar-refractivity contribution in [3.63, 3.8) is 0 Å². The number of fused-ring (bicyclic) bond motifs is 2. The molecule has 3 rings (SSSR count). The van der Waals surface area contributed by atoms with E-state index in [2.05, 4.69) is 29.1 Å². The van der Waals surface area contributed by atoms with Crippen LogP contribution in [0.2, 0.25) is 0 Å². The van der Waals surface area contributed by atoms with Crippen LogP contribution in [0.3, 0.4) is 0 Å². The third-order valence-corrected chi connectivity index (χ3v) is 5.10. The van der Waals surface area contributed by atoms with Gasteiger partial charge in [0.25, 0.3) is 0 Å². The first-order valence-electron chi connectivity index (χ1n) is 8.15. The van der Waals surface area contributed by atoms with E-state index < -0.39 is 0 Å². The van der Waals surface area contributed by atoms with Gasteiger partial charge in [-0.15, -0.1) is 0 Å². The van der Waals surface area contributed by atoms with Gasteiger partial charge >= 0.3 is 0 Å². The Hall–Kier alpha value is -1.13. The van der Waals surface area contributed by atoms with Crippen molar-refractivity contribution in [3.8, 4) is 0 Å². The molecule has 0 radical (unpaired) electrons. The van der Waals surface area contributed by atoms with Crippen LogP contribution in [0.25, 0.3) is 0 Å². The highest BCUT2D eigenvalue weighted by Crippen LogP contribution is 2.33. The minimum Gasteiger partial charge on any atom is -0.367 e. The number of nitrogens with zero attached hydrogens (tertiary/aromatic N) is 2. The molecule has 1 N–H and O–H groups in total. The predicted molar refractivity (Wildman–Crippen MR) is 85.2 cm³/mol. The van der Waals surface area contributed by atoms with Gasteiger partial charge < -0.3 is 10.2 Å². The predicted octanol–water partition coefficient (Wildman–Crippen LogP) is 2.61. The molecule has 2 fully saturated rings. The maximum atomic E-state index is 14.5. The molecule has 1 aromatic carbocycles. The molecule has 3 nitrogen and oxygen atoms in total. The highest BCUT2D eigenvalue weighted by atomic mass is 19.1. The zero-order chi connectivity index (χ0) is 14.8. The number of rotatable bonds is 4. The number of benzene rings is 1. The zero-order valence-corrected chi connectivity index (χ0v) is 13.1. The van der Waals surface area contributed by atoms with Crippen LogP contribution in [-0.2, 0) is 6.54 Å². The van der Waals surface area contributed by atoms with Gasteiger partial charge in [0.15, 0.2) is 0 Å². The summed E-state index contributed by atoms with van der Waals surface area (Å²) in [6.07, 6.45) is 3.69. The van der Waals surface area contributed by atoms with Crippen molar-refractivity contribution in [2.75, 3.05) is 31.6 Å². The average molecular weight is 291 g/mol. The standard InChI is InChI=1S/C17H26FN3/c1-3-19-11-13-5-4-6-16(18)17(13)21-10-9-14-7-8-15(12-21)20(14)2/h4-6,14-15,19H,3,7-12H2,1-2H3. The van der Waals surface area contributed by atoms with E-state index in [0.29, 0.717) is 12.1 Å². The average Bonchev–Trinajstić information content (AvgIpc) is 2.71. The molecule has 2 unspecified atom stereocenters. The van der Waals surface area contributed by atoms with E-state index in [1.807, 2.05) is 12.1 Å². The minimum absolute atomic E-state index is 0.0779. The molecule has 2 heterocycles. The van der Waals surface area contributed by atoms with Crippen LogP contribution in [0.1, 0.15) is 31.7 Å². The molecule has 2 aliphatic rings. The summed E-state index contributed by atoms with van der Waals surface area (Å²) in [5, 5.41) is 3.33. The first-order chi connectivity index (χ1) is 10.2. The summed E-state index contributed by atoms with van der Waals surface area (Å²) in [4.78, 5) is 4.78. The lowest BCUT2D eigenvalue weighted by molar-refractivity contribution is 0.254. The zero-order valence-electron chi connectivity index (χ0n) is 13.1. The molecule has 2 bridgehead atoms. The van der Waals surface area contributed by atoms with Crippen molar-refractivity contribution in [2.45, 2.75) is 44.8 Å². The van der Waals surface area contributed by atoms with Gasteiger partial charge in [-0.25, -0.2) is 4.39 Å². The lowest BCUT2D eigenvalue weighted by Gasteiger charge is -2.29. The van der Waals surface area contributed by atoms with E-state index in [1.165, 1.54) is 12.8 Å². The van der Waals surface area contributed by atoms with Crippen molar-refractivity contribution in [1.82, 2.24) is 10.2 Å². The molecule has 21 heavy (non-hydrogen) atoms. The Morgan fingerprint density at radius 3 is 2.86 bits per heavy atom. The highest BCUT2D eigenvalue weighted by Gasteiger charge is 2.35. The third kappa shape index (κ3) is 2.92. The van der Waals surface area contributed by atoms with E-state index in [0.717, 1.165) is 43.9 Å². The van der Waals surface area contributed by atoms with E-state index in [4.69, 9.17) is 0 Å². The number of anilines is 1. The first kappa shape index (κ1) is 14.8. The van der Waals surface area contributed by atoms with Gasteiger partial charge in [0.1, 0.15) is 5.82 Å². The van der Waals surface area contributed by atoms with E-state index >= 15 is 0 Å². The van der Waals surface area contributed by atoms with Gasteiger partial charge in [-0.05, 0) is 44.5 Å². The monoisotopic (exact) mass is 291 g/mol. The van der Waals surface area contributed by atoms with Crippen molar-refractivity contribution in [1.29, 1.82) is 0 Å². The van der Waals surface area contributed by atoms with Crippen LogP contribution in [0, 0.1) is 5.82 Å². The highest BCUT2D eigenvalue weighted by molar-refractivity contribution is 5.55. The molecule has 116 valence electrons. The lowest BCUT2D eigenvalue weighted by Crippen LogP contribution is -2.37. The van der Waals surface area contributed by atoms with Gasteiger partial charge in [-0.1, -0.05) is 19.1 Å². The third-order valence-electron chi connectivity index (χ3n) is 5.10. The minimum atomic E-state index is -0.0779. The quantitative estimate of drug-likeness (QED) is 0.920. The molecule has 0 aromatic heterocycles. The molecule has 2 saturated heterocycles. The molecule has 2 aliphatic heterocycles. The van der Waals surface area contributed by atoms with Crippen LogP contribution in [-0.4, -0.2) is 43.7 Å². The van der Waals surface area contributed by atoms with Gasteiger partial charge in [-0.3, -0.25) is 4.90 Å². The summed E-state index contributed by atoms with van der Waals surface area (Å²) < 4.78 is 14.5. The Labute approximate surface area is 127 Å². The number of nitrogens with one attached hydrogen (secondary N) is 1. The van der Waals surface area contributed by atoms with Crippen molar-refractivity contribution in [3.05, 3.63) is 29.6 Å². The van der Waals surface area contributed by atoms with E-state index in [-0.39, 0.29) is 5.82 Å². The molecular formula is C17H26FN3. The number of hydrogen-bond donors (Lipinski definition) is 1. The Morgan fingerprint density at radius 1 is 1.24 bits per heavy atom. The summed E-state index contributed by atoms with van der Waals surface area (Å²) in [6.45, 7) is 5.64. The fourth-order valence-corrected chi connectivity index (χ4v) is 3.83.